The first-order chi connectivity index (χ1) is 16.4. The molecule has 0 saturated carbocycles. The van der Waals surface area contributed by atoms with Crippen LogP contribution in [0.3, 0.4) is 0 Å². The largest absolute Gasteiger partial charge is 0.497 e. The number of amides is 1. The number of para-hydroxylation sites is 2. The van der Waals surface area contributed by atoms with Crippen LogP contribution >= 0.6 is 0 Å². The lowest BCUT2D eigenvalue weighted by Crippen LogP contribution is -2.33. The van der Waals surface area contributed by atoms with Crippen molar-refractivity contribution >= 4 is 33.9 Å². The highest BCUT2D eigenvalue weighted by Gasteiger charge is 2.25. The number of nitrogens with one attached hydrogen (secondary N) is 1. The van der Waals surface area contributed by atoms with Gasteiger partial charge in [0.05, 0.1) is 24.7 Å². The number of nitrogen functional groups attached to an aromatic ring is 1. The van der Waals surface area contributed by atoms with Gasteiger partial charge >= 0.3 is 0 Å². The van der Waals surface area contributed by atoms with Crippen molar-refractivity contribution in [2.45, 2.75) is 52.6 Å². The molecule has 0 fully saturated rings. The smallest absolute Gasteiger partial charge is 0.257 e. The number of anilines is 1. The second-order valence-electron chi connectivity index (χ2n) is 9.28. The van der Waals surface area contributed by atoms with Crippen molar-refractivity contribution in [2.75, 3.05) is 12.8 Å². The maximum Gasteiger partial charge on any atom is 0.257 e. The molecular formula is C27H33N5O2. The number of hydrogen-bond acceptors (Lipinski definition) is 5. The van der Waals surface area contributed by atoms with Crippen molar-refractivity contribution in [1.82, 2.24) is 19.9 Å². The Labute approximate surface area is 200 Å². The van der Waals surface area contributed by atoms with Crippen molar-refractivity contribution < 1.29 is 9.53 Å². The molecule has 0 spiro atoms. The molecule has 4 rings (SSSR count). The third kappa shape index (κ3) is 4.98. The van der Waals surface area contributed by atoms with E-state index in [4.69, 9.17) is 20.4 Å². The average molecular weight is 460 g/mol. The predicted octanol–water partition coefficient (Wildman–Crippen LogP) is 5.17. The number of hydrogen-bond donors (Lipinski definition) is 2. The number of benzene rings is 2. The Morgan fingerprint density at radius 1 is 1.03 bits per heavy atom. The lowest BCUT2D eigenvalue weighted by Gasteiger charge is -2.14. The van der Waals surface area contributed by atoms with E-state index in [0.29, 0.717) is 35.0 Å². The van der Waals surface area contributed by atoms with Crippen LogP contribution in [0.4, 0.5) is 5.82 Å². The molecule has 2 aromatic carbocycles. The predicted molar refractivity (Wildman–Crippen MR) is 137 cm³/mol. The molecule has 7 nitrogen and oxygen atoms in total. The minimum Gasteiger partial charge on any atom is -0.497 e. The summed E-state index contributed by atoms with van der Waals surface area (Å²) in [6.07, 6.45) is 3.13. The first-order valence-corrected chi connectivity index (χ1v) is 11.9. The normalized spacial score (nSPS) is 12.4. The SMILES string of the molecule is COc1ccc(Cn2c(N)c(C(=O)N[C@H](C)CCCC(C)C)c3nc4ccccc4nc32)cc1. The summed E-state index contributed by atoms with van der Waals surface area (Å²) >= 11 is 0. The highest BCUT2D eigenvalue weighted by molar-refractivity contribution is 6.10. The molecule has 0 aliphatic rings. The van der Waals surface area contributed by atoms with E-state index in [1.807, 2.05) is 60.0 Å². The van der Waals surface area contributed by atoms with Crippen LogP contribution in [0, 0.1) is 5.92 Å². The second kappa shape index (κ2) is 10.1. The van der Waals surface area contributed by atoms with Gasteiger partial charge in [-0.3, -0.25) is 4.79 Å². The monoisotopic (exact) mass is 459 g/mol. The molecule has 0 unspecified atom stereocenters. The quantitative estimate of drug-likeness (QED) is 0.360. The van der Waals surface area contributed by atoms with Gasteiger partial charge in [0, 0.05) is 6.04 Å². The van der Waals surface area contributed by atoms with Gasteiger partial charge in [0.25, 0.3) is 5.91 Å². The maximum absolute atomic E-state index is 13.4. The van der Waals surface area contributed by atoms with E-state index >= 15 is 0 Å². The zero-order chi connectivity index (χ0) is 24.2. The van der Waals surface area contributed by atoms with Gasteiger partial charge in [-0.1, -0.05) is 51.0 Å². The first-order valence-electron chi connectivity index (χ1n) is 11.9. The van der Waals surface area contributed by atoms with Gasteiger partial charge in [-0.2, -0.15) is 0 Å². The van der Waals surface area contributed by atoms with Crippen LogP contribution < -0.4 is 15.8 Å². The number of rotatable bonds is 9. The molecule has 4 aromatic rings. The summed E-state index contributed by atoms with van der Waals surface area (Å²) in [6, 6.07) is 15.5. The lowest BCUT2D eigenvalue weighted by atomic mass is 10.0. The highest BCUT2D eigenvalue weighted by atomic mass is 16.5. The van der Waals surface area contributed by atoms with Crippen LogP contribution in [0.1, 0.15) is 56.0 Å². The summed E-state index contributed by atoms with van der Waals surface area (Å²) in [5.41, 5.74) is 10.6. The fourth-order valence-electron chi connectivity index (χ4n) is 4.21. The number of ether oxygens (including phenoxy) is 1. The second-order valence-corrected chi connectivity index (χ2v) is 9.28. The van der Waals surface area contributed by atoms with Crippen molar-refractivity contribution in [2.24, 2.45) is 5.92 Å². The Morgan fingerprint density at radius 3 is 2.35 bits per heavy atom. The first kappa shape index (κ1) is 23.5. The zero-order valence-corrected chi connectivity index (χ0v) is 20.3. The number of nitrogens with two attached hydrogens (primary N) is 1. The van der Waals surface area contributed by atoms with Gasteiger partial charge in [-0.15, -0.1) is 0 Å². The Kier molecular flexibility index (Phi) is 7.01. The Balaban J connectivity index is 1.72. The minimum absolute atomic E-state index is 0.0408. The minimum atomic E-state index is -0.211. The van der Waals surface area contributed by atoms with Crippen LogP contribution in [0.25, 0.3) is 22.2 Å². The molecule has 3 N–H and O–H groups in total. The molecule has 34 heavy (non-hydrogen) atoms. The van der Waals surface area contributed by atoms with Crippen LogP contribution in [0.2, 0.25) is 0 Å². The molecule has 0 bridgehead atoms. The van der Waals surface area contributed by atoms with E-state index in [1.54, 1.807) is 7.11 Å². The maximum atomic E-state index is 13.4. The summed E-state index contributed by atoms with van der Waals surface area (Å²) in [6.45, 7) is 6.93. The molecule has 1 atom stereocenters. The third-order valence-electron chi connectivity index (χ3n) is 6.11. The number of nitrogens with zero attached hydrogens (tertiary/aromatic N) is 3. The average Bonchev–Trinajstić information content (AvgIpc) is 3.08. The van der Waals surface area contributed by atoms with Crippen LogP contribution in [0.5, 0.6) is 5.75 Å². The lowest BCUT2D eigenvalue weighted by molar-refractivity contribution is 0.0940. The number of fused-ring (bicyclic) bond motifs is 2. The molecular weight excluding hydrogens is 426 g/mol. The molecule has 2 heterocycles. The van der Waals surface area contributed by atoms with E-state index in [2.05, 4.69) is 19.2 Å². The zero-order valence-electron chi connectivity index (χ0n) is 20.3. The van der Waals surface area contributed by atoms with Crippen LogP contribution in [0.15, 0.2) is 48.5 Å². The number of methoxy groups -OCH3 is 1. The van der Waals surface area contributed by atoms with Gasteiger partial charge in [-0.25, -0.2) is 9.97 Å². The number of carbonyl (C=O) groups excluding carboxylic acids is 1. The molecule has 0 radical (unpaired) electrons. The van der Waals surface area contributed by atoms with Crippen LogP contribution in [-0.4, -0.2) is 33.6 Å². The van der Waals surface area contributed by atoms with Crippen molar-refractivity contribution in [3.63, 3.8) is 0 Å². The van der Waals surface area contributed by atoms with E-state index in [0.717, 1.165) is 41.6 Å². The van der Waals surface area contributed by atoms with E-state index in [1.165, 1.54) is 0 Å². The topological polar surface area (TPSA) is 95.1 Å². The summed E-state index contributed by atoms with van der Waals surface area (Å²) < 4.78 is 7.14. The standard InChI is InChI=1S/C27H33N5O2/c1-17(2)8-7-9-18(3)29-27(33)23-24-26(31-22-11-6-5-10-21(22)30-24)32(25(23)28)16-19-12-14-20(34-4)15-13-19/h5-6,10-15,17-18H,7-9,16,28H2,1-4H3,(H,29,33)/t18-/m1/s1. The van der Waals surface area contributed by atoms with Crippen molar-refractivity contribution in [3.05, 3.63) is 59.7 Å². The fourth-order valence-corrected chi connectivity index (χ4v) is 4.21. The summed E-state index contributed by atoms with van der Waals surface area (Å²) in [7, 11) is 1.64. The molecule has 0 aliphatic heterocycles. The Morgan fingerprint density at radius 2 is 1.71 bits per heavy atom. The number of aromatic nitrogens is 3. The summed E-state index contributed by atoms with van der Waals surface area (Å²) in [4.78, 5) is 23.0. The molecule has 1 amide bonds. The molecule has 0 aliphatic carbocycles. The molecule has 7 heteroatoms. The molecule has 2 aromatic heterocycles. The Bertz CT molecular complexity index is 1290. The van der Waals surface area contributed by atoms with Gasteiger partial charge in [0.2, 0.25) is 0 Å². The fraction of sp³-hybridized carbons (Fsp3) is 0.370. The molecule has 178 valence electrons. The molecule has 0 saturated heterocycles. The van der Waals surface area contributed by atoms with E-state index in [-0.39, 0.29) is 11.9 Å². The van der Waals surface area contributed by atoms with Gasteiger partial charge in [0.15, 0.2) is 5.65 Å². The van der Waals surface area contributed by atoms with E-state index < -0.39 is 0 Å². The highest BCUT2D eigenvalue weighted by Crippen LogP contribution is 2.29. The number of carbonyl (C=O) groups is 1. The Hall–Kier alpha value is -3.61. The van der Waals surface area contributed by atoms with Crippen molar-refractivity contribution in [3.8, 4) is 5.75 Å². The van der Waals surface area contributed by atoms with Gasteiger partial charge < -0.3 is 20.4 Å². The van der Waals surface area contributed by atoms with Gasteiger partial charge in [0.1, 0.15) is 22.6 Å². The summed E-state index contributed by atoms with van der Waals surface area (Å²) in [5.74, 6) is 1.59. The third-order valence-corrected chi connectivity index (χ3v) is 6.11. The van der Waals surface area contributed by atoms with Gasteiger partial charge in [-0.05, 0) is 49.1 Å². The van der Waals surface area contributed by atoms with E-state index in [9.17, 15) is 4.79 Å². The summed E-state index contributed by atoms with van der Waals surface area (Å²) in [5, 5.41) is 3.13. The van der Waals surface area contributed by atoms with Crippen LogP contribution in [-0.2, 0) is 6.54 Å². The van der Waals surface area contributed by atoms with Crippen molar-refractivity contribution in [1.29, 1.82) is 0 Å².